The number of aliphatic carboxylic acids is 1. The van der Waals surface area contributed by atoms with Gasteiger partial charge in [-0.15, -0.1) is 0 Å². The second kappa shape index (κ2) is 7.21. The van der Waals surface area contributed by atoms with Gasteiger partial charge >= 0.3 is 5.97 Å². The summed E-state index contributed by atoms with van der Waals surface area (Å²) < 4.78 is 0. The number of hydrogen-bond donors (Lipinski definition) is 2. The van der Waals surface area contributed by atoms with Gasteiger partial charge in [-0.2, -0.15) is 17.0 Å². The van der Waals surface area contributed by atoms with Crippen molar-refractivity contribution >= 4 is 23.6 Å². The molecule has 0 saturated heterocycles. The Kier molecular flexibility index (Phi) is 6.58. The van der Waals surface area contributed by atoms with Crippen LogP contribution in [0.25, 0.3) is 0 Å². The molecule has 78 valence electrons. The number of carbonyl (C=O) groups excluding carboxylic acids is 1. The lowest BCUT2D eigenvalue weighted by Gasteiger charge is -2.11. The molecule has 5 nitrogen and oxygen atoms in total. The SMILES string of the molecule is CC(=O)N[13C@@H]([13CH2]SCCC#N)[13C](=O)O. The number of carboxylic acids is 1. The van der Waals surface area contributed by atoms with Crippen LogP contribution in [0.15, 0.2) is 0 Å². The van der Waals surface area contributed by atoms with Crippen LogP contribution in [0, 0.1) is 11.3 Å². The highest BCUT2D eigenvalue weighted by Gasteiger charge is 2.17. The third-order valence-corrected chi connectivity index (χ3v) is 2.38. The molecule has 6 heteroatoms. The topological polar surface area (TPSA) is 90.2 Å². The molecule has 0 aromatic rings. The van der Waals surface area contributed by atoms with E-state index >= 15 is 0 Å². The molecular weight excluding hydrogens is 207 g/mol. The Bertz CT molecular complexity index is 249. The van der Waals surface area contributed by atoms with Crippen molar-refractivity contribution in [3.63, 3.8) is 0 Å². The highest BCUT2D eigenvalue weighted by Crippen LogP contribution is 2.04. The van der Waals surface area contributed by atoms with Gasteiger partial charge in [0.05, 0.1) is 6.07 Å². The number of carboxylic acid groups (broad SMARTS) is 1. The Balaban J connectivity index is 3.81. The van der Waals surface area contributed by atoms with Crippen LogP contribution in [0.3, 0.4) is 0 Å². The molecule has 0 radical (unpaired) electrons. The van der Waals surface area contributed by atoms with Crippen LogP contribution in [-0.2, 0) is 9.59 Å². The molecule has 0 aliphatic heterocycles. The van der Waals surface area contributed by atoms with Gasteiger partial charge < -0.3 is 10.4 Å². The minimum atomic E-state index is -1.05. The smallest absolute Gasteiger partial charge is 0.327 e. The van der Waals surface area contributed by atoms with Crippen LogP contribution in [0.4, 0.5) is 0 Å². The van der Waals surface area contributed by atoms with E-state index in [0.29, 0.717) is 12.2 Å². The molecule has 0 rings (SSSR count). The van der Waals surface area contributed by atoms with E-state index in [4.69, 9.17) is 10.4 Å². The fourth-order valence-corrected chi connectivity index (χ4v) is 1.60. The molecule has 1 amide bonds. The molecule has 2 N–H and O–H groups in total. The van der Waals surface area contributed by atoms with E-state index in [0.717, 1.165) is 0 Å². The number of nitrogens with zero attached hydrogens (tertiary/aromatic N) is 1. The van der Waals surface area contributed by atoms with Crippen molar-refractivity contribution in [2.75, 3.05) is 11.5 Å². The molecule has 0 aromatic heterocycles. The summed E-state index contributed by atoms with van der Waals surface area (Å²) in [5.41, 5.74) is 0. The summed E-state index contributed by atoms with van der Waals surface area (Å²) in [5, 5.41) is 19.2. The molecule has 0 fully saturated rings. The molecule has 0 bridgehead atoms. The Morgan fingerprint density at radius 1 is 1.64 bits per heavy atom. The number of thioether (sulfide) groups is 1. The minimum absolute atomic E-state index is 0.288. The van der Waals surface area contributed by atoms with Crippen molar-refractivity contribution in [2.24, 2.45) is 0 Å². The van der Waals surface area contributed by atoms with Crippen LogP contribution >= 0.6 is 11.8 Å². The summed E-state index contributed by atoms with van der Waals surface area (Å²) in [4.78, 5) is 21.2. The summed E-state index contributed by atoms with van der Waals surface area (Å²) in [6, 6.07) is 1.09. The quantitative estimate of drug-likeness (QED) is 0.492. The van der Waals surface area contributed by atoms with Crippen molar-refractivity contribution in [1.29, 1.82) is 5.26 Å². The number of rotatable bonds is 6. The predicted octanol–water partition coefficient (Wildman–Crippen LogP) is 0.223. The maximum absolute atomic E-state index is 10.6. The number of nitriles is 1. The number of carbonyl (C=O) groups is 2. The van der Waals surface area contributed by atoms with Crippen LogP contribution in [-0.4, -0.2) is 34.5 Å². The largest absolute Gasteiger partial charge is 0.480 e. The van der Waals surface area contributed by atoms with Crippen LogP contribution in [0.5, 0.6) is 0 Å². The van der Waals surface area contributed by atoms with Crippen molar-refractivity contribution < 1.29 is 14.7 Å². The van der Waals surface area contributed by atoms with Gasteiger partial charge in [-0.05, 0) is 0 Å². The average molecular weight is 219 g/mol. The molecule has 0 aromatic carbocycles. The Morgan fingerprint density at radius 2 is 2.29 bits per heavy atom. The van der Waals surface area contributed by atoms with E-state index in [1.54, 1.807) is 0 Å². The van der Waals surface area contributed by atoms with Gasteiger partial charge in [-0.1, -0.05) is 0 Å². The van der Waals surface area contributed by atoms with Crippen molar-refractivity contribution in [2.45, 2.75) is 19.4 Å². The van der Waals surface area contributed by atoms with Gasteiger partial charge in [0, 0.05) is 24.9 Å². The molecule has 0 spiro atoms. The van der Waals surface area contributed by atoms with Gasteiger partial charge in [0.2, 0.25) is 5.91 Å². The zero-order valence-corrected chi connectivity index (χ0v) is 8.63. The minimum Gasteiger partial charge on any atom is -0.480 e. The molecule has 14 heavy (non-hydrogen) atoms. The van der Waals surface area contributed by atoms with Gasteiger partial charge in [0.25, 0.3) is 0 Å². The first-order valence-corrected chi connectivity index (χ1v) is 5.18. The lowest BCUT2D eigenvalue weighted by molar-refractivity contribution is -0.140. The number of nitrogens with one attached hydrogen (secondary N) is 1. The number of hydrogen-bond acceptors (Lipinski definition) is 4. The normalized spacial score (nSPS) is 11.4. The first-order valence-electron chi connectivity index (χ1n) is 4.02. The van der Waals surface area contributed by atoms with Gasteiger partial charge in [0.1, 0.15) is 6.04 Å². The predicted molar refractivity (Wildman–Crippen MR) is 52.8 cm³/mol. The molecule has 0 unspecified atom stereocenters. The monoisotopic (exact) mass is 219 g/mol. The molecule has 0 saturated carbocycles. The van der Waals surface area contributed by atoms with Gasteiger partial charge in [0.15, 0.2) is 0 Å². The van der Waals surface area contributed by atoms with Gasteiger partial charge in [-0.25, -0.2) is 4.79 Å². The third kappa shape index (κ3) is 6.31. The third-order valence-electron chi connectivity index (χ3n) is 1.32. The molecule has 0 aliphatic rings. The second-order valence-corrected chi connectivity index (χ2v) is 3.72. The van der Waals surface area contributed by atoms with E-state index in [9.17, 15) is 9.59 Å². The first kappa shape index (κ1) is 12.8. The van der Waals surface area contributed by atoms with E-state index in [1.165, 1.54) is 18.7 Å². The van der Waals surface area contributed by atoms with E-state index in [-0.39, 0.29) is 11.7 Å². The van der Waals surface area contributed by atoms with Crippen molar-refractivity contribution in [3.05, 3.63) is 0 Å². The molecular formula is C8H12N2O3S. The fourth-order valence-electron chi connectivity index (χ4n) is 0.739. The summed E-state index contributed by atoms with van der Waals surface area (Å²) in [5.74, 6) is -0.542. The molecule has 0 heterocycles. The average Bonchev–Trinajstić information content (AvgIpc) is 2.09. The van der Waals surface area contributed by atoms with Crippen molar-refractivity contribution in [1.82, 2.24) is 5.32 Å². The summed E-state index contributed by atoms with van der Waals surface area (Å²) in [7, 11) is 0. The second-order valence-electron chi connectivity index (χ2n) is 2.57. The highest BCUT2D eigenvalue weighted by molar-refractivity contribution is 7.99. The summed E-state index contributed by atoms with van der Waals surface area (Å²) in [6.45, 7) is 1.27. The maximum atomic E-state index is 10.6. The summed E-state index contributed by atoms with van der Waals surface area (Å²) >= 11 is 1.34. The van der Waals surface area contributed by atoms with Crippen LogP contribution < -0.4 is 5.32 Å². The van der Waals surface area contributed by atoms with E-state index in [1.807, 2.05) is 6.07 Å². The lowest BCUT2D eigenvalue weighted by Crippen LogP contribution is -2.41. The Hall–Kier alpha value is -1.22. The standard InChI is InChI=1S/C8H12N2O3S/c1-6(11)10-7(8(12)13)5-14-4-2-3-9/h7H,2,4-5H2,1H3,(H,10,11)(H,12,13)/t7-/m0/s1/i5+1,7+1,8+1. The van der Waals surface area contributed by atoms with Gasteiger partial charge in [-0.3, -0.25) is 4.79 Å². The van der Waals surface area contributed by atoms with Crippen LogP contribution in [0.2, 0.25) is 0 Å². The molecule has 0 aliphatic carbocycles. The maximum Gasteiger partial charge on any atom is 0.327 e. The van der Waals surface area contributed by atoms with Crippen molar-refractivity contribution in [3.8, 4) is 6.07 Å². The Morgan fingerprint density at radius 3 is 2.71 bits per heavy atom. The summed E-state index contributed by atoms with van der Waals surface area (Å²) in [6.07, 6.45) is 0.386. The lowest BCUT2D eigenvalue weighted by atomic mass is 10.6. The van der Waals surface area contributed by atoms with E-state index < -0.39 is 12.0 Å². The fraction of sp³-hybridized carbons (Fsp3) is 0.625. The highest BCUT2D eigenvalue weighted by atomic mass is 32.2. The molecule has 1 atom stereocenters. The number of amides is 1. The first-order chi connectivity index (χ1) is 6.57. The Labute approximate surface area is 86.5 Å². The van der Waals surface area contributed by atoms with Crippen LogP contribution in [0.1, 0.15) is 13.3 Å². The zero-order valence-electron chi connectivity index (χ0n) is 7.82. The zero-order chi connectivity index (χ0) is 11.0. The van der Waals surface area contributed by atoms with E-state index in [2.05, 4.69) is 5.32 Å².